The first-order valence-corrected chi connectivity index (χ1v) is 6.69. The molecule has 0 heteroatoms. The summed E-state index contributed by atoms with van der Waals surface area (Å²) in [5, 5.41) is 0. The topological polar surface area (TPSA) is 0 Å². The van der Waals surface area contributed by atoms with Crippen molar-refractivity contribution in [2.24, 2.45) is 11.8 Å². The third-order valence-electron chi connectivity index (χ3n) is 2.87. The lowest BCUT2D eigenvalue weighted by Gasteiger charge is -2.27. The predicted molar refractivity (Wildman–Crippen MR) is 77.7 cm³/mol. The zero-order valence-corrected chi connectivity index (χ0v) is 12.1. The van der Waals surface area contributed by atoms with E-state index in [1.807, 2.05) is 39.8 Å². The van der Waals surface area contributed by atoms with Gasteiger partial charge in [0.15, 0.2) is 0 Å². The van der Waals surface area contributed by atoms with Gasteiger partial charge in [-0.3, -0.25) is 0 Å². The Morgan fingerprint density at radius 2 is 1.06 bits per heavy atom. The average Bonchev–Trinajstić information content (AvgIpc) is 2.36. The van der Waals surface area contributed by atoms with Crippen molar-refractivity contribution in [3.8, 4) is 0 Å². The Morgan fingerprint density at radius 1 is 0.812 bits per heavy atom. The Hall–Kier alpha value is -0.780. The van der Waals surface area contributed by atoms with E-state index in [1.54, 1.807) is 0 Å². The van der Waals surface area contributed by atoms with Crippen LogP contribution in [0.2, 0.25) is 0 Å². The molecule has 2 unspecified atom stereocenters. The Morgan fingerprint density at radius 3 is 1.25 bits per heavy atom. The molecule has 1 aliphatic carbocycles. The maximum Gasteiger partial charge on any atom is -0.0188 e. The summed E-state index contributed by atoms with van der Waals surface area (Å²) in [6.07, 6.45) is 6.58. The predicted octanol–water partition coefficient (Wildman–Crippen LogP) is 5.77. The average molecular weight is 222 g/mol. The molecule has 0 bridgehead atoms. The van der Waals surface area contributed by atoms with Crippen molar-refractivity contribution >= 4 is 0 Å². The first-order valence-electron chi connectivity index (χ1n) is 6.69. The quantitative estimate of drug-likeness (QED) is 0.556. The molecule has 0 saturated heterocycles. The van der Waals surface area contributed by atoms with Crippen LogP contribution in [-0.2, 0) is 0 Å². The number of hydrogen-bond acceptors (Lipinski definition) is 0. The van der Waals surface area contributed by atoms with Crippen molar-refractivity contribution in [2.75, 3.05) is 0 Å². The summed E-state index contributed by atoms with van der Waals surface area (Å²) in [7, 11) is 0. The molecule has 0 aliphatic heterocycles. The van der Waals surface area contributed by atoms with Gasteiger partial charge in [-0.25, -0.2) is 0 Å². The number of hydrogen-bond donors (Lipinski definition) is 0. The van der Waals surface area contributed by atoms with E-state index in [9.17, 15) is 0 Å². The van der Waals surface area contributed by atoms with Crippen LogP contribution in [0.15, 0.2) is 36.5 Å². The zero-order chi connectivity index (χ0) is 13.1. The smallest absolute Gasteiger partial charge is 0.0188 e. The molecule has 0 heterocycles. The first-order chi connectivity index (χ1) is 7.70. The van der Waals surface area contributed by atoms with E-state index in [4.69, 9.17) is 0 Å². The van der Waals surface area contributed by atoms with Crippen molar-refractivity contribution in [1.82, 2.24) is 0 Å². The molecular weight excluding hydrogens is 192 g/mol. The summed E-state index contributed by atoms with van der Waals surface area (Å²) in [6, 6.07) is 0. The van der Waals surface area contributed by atoms with Gasteiger partial charge in [-0.15, -0.1) is 0 Å². The van der Waals surface area contributed by atoms with Gasteiger partial charge < -0.3 is 0 Å². The minimum absolute atomic E-state index is 0.673. The van der Waals surface area contributed by atoms with Crippen molar-refractivity contribution in [3.63, 3.8) is 0 Å². The van der Waals surface area contributed by atoms with Crippen LogP contribution in [0, 0.1) is 11.8 Å². The summed E-state index contributed by atoms with van der Waals surface area (Å²) >= 11 is 0. The number of rotatable bonds is 2. The van der Waals surface area contributed by atoms with Crippen LogP contribution in [0.4, 0.5) is 0 Å². The van der Waals surface area contributed by atoms with E-state index in [1.165, 1.54) is 24.0 Å². The second-order valence-electron chi connectivity index (χ2n) is 3.70. The zero-order valence-electron chi connectivity index (χ0n) is 12.1. The molecule has 1 rings (SSSR count). The van der Waals surface area contributed by atoms with Crippen LogP contribution in [0.25, 0.3) is 0 Å². The molecule has 0 saturated carbocycles. The van der Waals surface area contributed by atoms with Crippen molar-refractivity contribution in [3.05, 3.63) is 36.5 Å². The normalized spacial score (nSPS) is 23.4. The van der Waals surface area contributed by atoms with Gasteiger partial charge in [0.1, 0.15) is 0 Å². The van der Waals surface area contributed by atoms with Crippen LogP contribution in [0.1, 0.15) is 54.4 Å². The molecule has 0 aromatic carbocycles. The number of allylic oxidation sites excluding steroid dienone is 4. The molecule has 0 fully saturated rings. The maximum absolute atomic E-state index is 3.86. The summed E-state index contributed by atoms with van der Waals surface area (Å²) in [5.74, 6) is 1.35. The van der Waals surface area contributed by atoms with E-state index in [-0.39, 0.29) is 0 Å². The van der Waals surface area contributed by atoms with Gasteiger partial charge in [0, 0.05) is 0 Å². The minimum Gasteiger partial charge on any atom is -0.0988 e. The summed E-state index contributed by atoms with van der Waals surface area (Å²) in [4.78, 5) is 0. The molecule has 0 aromatic rings. The van der Waals surface area contributed by atoms with Crippen LogP contribution in [-0.4, -0.2) is 0 Å². The van der Waals surface area contributed by atoms with Crippen LogP contribution < -0.4 is 0 Å². The Labute approximate surface area is 103 Å². The Balaban J connectivity index is 0. The van der Waals surface area contributed by atoms with Crippen LogP contribution in [0.3, 0.4) is 0 Å². The molecule has 1 aliphatic rings. The molecule has 16 heavy (non-hydrogen) atoms. The van der Waals surface area contributed by atoms with Gasteiger partial charge in [-0.2, -0.15) is 0 Å². The molecule has 0 radical (unpaired) electrons. The Bertz CT molecular complexity index is 196. The molecule has 2 atom stereocenters. The molecule has 0 spiro atoms. The fourth-order valence-corrected chi connectivity index (χ4v) is 2.02. The first kappa shape index (κ1) is 17.6. The SMILES string of the molecule is C=CC1=C(C=C)C(C)CCC1C.CC.CC. The summed E-state index contributed by atoms with van der Waals surface area (Å²) < 4.78 is 0. The van der Waals surface area contributed by atoms with E-state index >= 15 is 0 Å². The van der Waals surface area contributed by atoms with Gasteiger partial charge in [0.05, 0.1) is 0 Å². The molecular formula is C16H30. The van der Waals surface area contributed by atoms with Crippen molar-refractivity contribution < 1.29 is 0 Å². The summed E-state index contributed by atoms with van der Waals surface area (Å²) in [5.41, 5.74) is 2.81. The minimum atomic E-state index is 0.673. The third kappa shape index (κ3) is 4.83. The maximum atomic E-state index is 3.86. The highest BCUT2D eigenvalue weighted by Gasteiger charge is 2.20. The van der Waals surface area contributed by atoms with Gasteiger partial charge in [0.2, 0.25) is 0 Å². The van der Waals surface area contributed by atoms with Gasteiger partial charge >= 0.3 is 0 Å². The van der Waals surface area contributed by atoms with Gasteiger partial charge in [-0.1, -0.05) is 66.9 Å². The Kier molecular flexibility index (Phi) is 11.8. The largest absolute Gasteiger partial charge is 0.0988 e. The fourth-order valence-electron chi connectivity index (χ4n) is 2.02. The lowest BCUT2D eigenvalue weighted by molar-refractivity contribution is 0.471. The highest BCUT2D eigenvalue weighted by molar-refractivity contribution is 5.36. The summed E-state index contributed by atoms with van der Waals surface area (Å²) in [6.45, 7) is 20.3. The third-order valence-corrected chi connectivity index (χ3v) is 2.87. The molecule has 0 amide bonds. The van der Waals surface area contributed by atoms with E-state index in [0.717, 1.165) is 0 Å². The molecule has 0 N–H and O–H groups in total. The van der Waals surface area contributed by atoms with E-state index in [2.05, 4.69) is 27.0 Å². The highest BCUT2D eigenvalue weighted by Crippen LogP contribution is 2.34. The standard InChI is InChI=1S/C12H18.2C2H6/c1-5-11-9(3)7-8-10(4)12(11)6-2;2*1-2/h5-6,9-10H,1-2,7-8H2,3-4H3;2*1-2H3. The van der Waals surface area contributed by atoms with Gasteiger partial charge in [-0.05, 0) is 35.8 Å². The van der Waals surface area contributed by atoms with Crippen molar-refractivity contribution in [2.45, 2.75) is 54.4 Å². The lowest BCUT2D eigenvalue weighted by Crippen LogP contribution is -2.13. The second kappa shape index (κ2) is 10.7. The second-order valence-corrected chi connectivity index (χ2v) is 3.70. The van der Waals surface area contributed by atoms with Crippen LogP contribution >= 0.6 is 0 Å². The molecule has 94 valence electrons. The van der Waals surface area contributed by atoms with E-state index < -0.39 is 0 Å². The van der Waals surface area contributed by atoms with Crippen molar-refractivity contribution in [1.29, 1.82) is 0 Å². The highest BCUT2D eigenvalue weighted by atomic mass is 14.2. The fraction of sp³-hybridized carbons (Fsp3) is 0.625. The van der Waals surface area contributed by atoms with Crippen LogP contribution in [0.5, 0.6) is 0 Å². The van der Waals surface area contributed by atoms with Gasteiger partial charge in [0.25, 0.3) is 0 Å². The molecule has 0 nitrogen and oxygen atoms in total. The lowest BCUT2D eigenvalue weighted by atomic mass is 9.78. The monoisotopic (exact) mass is 222 g/mol. The van der Waals surface area contributed by atoms with E-state index in [0.29, 0.717) is 11.8 Å². The molecule has 0 aromatic heterocycles.